The van der Waals surface area contributed by atoms with Crippen LogP contribution in [0.1, 0.15) is 33.5 Å². The molecule has 0 aliphatic carbocycles. The van der Waals surface area contributed by atoms with Crippen LogP contribution in [0.2, 0.25) is 0 Å². The van der Waals surface area contributed by atoms with Crippen molar-refractivity contribution in [3.8, 4) is 11.5 Å². The van der Waals surface area contributed by atoms with Crippen molar-refractivity contribution in [3.63, 3.8) is 0 Å². The molecule has 0 N–H and O–H groups in total. The maximum Gasteiger partial charge on any atom is 0.231 e. The molecule has 1 aromatic heterocycles. The first-order chi connectivity index (χ1) is 16.7. The summed E-state index contributed by atoms with van der Waals surface area (Å²) in [6, 6.07) is 22.4. The maximum absolute atomic E-state index is 13.2. The predicted octanol–water partition coefficient (Wildman–Crippen LogP) is 5.58. The van der Waals surface area contributed by atoms with Gasteiger partial charge in [-0.25, -0.2) is 0 Å². The molecule has 6 rings (SSSR count). The van der Waals surface area contributed by atoms with Crippen LogP contribution in [-0.4, -0.2) is 28.5 Å². The molecule has 0 spiro atoms. The minimum Gasteiger partial charge on any atom is -0.478 e. The Kier molecular flexibility index (Phi) is 5.19. The molecule has 5 nitrogen and oxygen atoms in total. The third-order valence-corrected chi connectivity index (χ3v) is 6.68. The van der Waals surface area contributed by atoms with Crippen molar-refractivity contribution in [2.24, 2.45) is 7.05 Å². The number of aryl methyl sites for hydroxylation is 2. The van der Waals surface area contributed by atoms with E-state index in [2.05, 4.69) is 45.9 Å². The van der Waals surface area contributed by atoms with Gasteiger partial charge < -0.3 is 14.0 Å². The number of Topliss-reactive ketones (excluding diaryl/α,β-unsaturated/α-hetero) is 1. The van der Waals surface area contributed by atoms with Crippen molar-refractivity contribution in [1.82, 2.24) is 9.47 Å². The minimum absolute atomic E-state index is 0.0769. The van der Waals surface area contributed by atoms with Gasteiger partial charge in [-0.3, -0.25) is 9.69 Å². The molecule has 5 heteroatoms. The molecule has 3 aromatic carbocycles. The van der Waals surface area contributed by atoms with Crippen LogP contribution < -0.4 is 9.47 Å². The highest BCUT2D eigenvalue weighted by Crippen LogP contribution is 2.42. The van der Waals surface area contributed by atoms with Crippen LogP contribution in [0.5, 0.6) is 11.5 Å². The lowest BCUT2D eigenvalue weighted by atomic mass is 10.0. The highest BCUT2D eigenvalue weighted by Gasteiger charge is 2.33. The number of hydrogen-bond donors (Lipinski definition) is 0. The standard InChI is InChI=1S/C29H26N2O3/c1-30-17-21(22-11-5-6-12-25(22)30)16-27-28(32)23-13-14-26-24(29(23)34-27)18-31(19-33-26)15-7-10-20-8-3-2-4-9-20/h2-6,8-9,11-14,16-17H,7,10,15,18-19H2,1H3/b27-16-. The normalized spacial score (nSPS) is 16.4. The number of hydrogen-bond acceptors (Lipinski definition) is 4. The molecule has 0 fully saturated rings. The second-order valence-corrected chi connectivity index (χ2v) is 8.99. The van der Waals surface area contributed by atoms with Gasteiger partial charge in [0.2, 0.25) is 5.78 Å². The van der Waals surface area contributed by atoms with E-state index in [0.29, 0.717) is 30.3 Å². The van der Waals surface area contributed by atoms with Crippen LogP contribution >= 0.6 is 0 Å². The summed E-state index contributed by atoms with van der Waals surface area (Å²) in [5, 5.41) is 1.10. The summed E-state index contributed by atoms with van der Waals surface area (Å²) >= 11 is 0. The number of nitrogens with zero attached hydrogens (tertiary/aromatic N) is 2. The molecule has 0 saturated carbocycles. The number of ether oxygens (including phenoxy) is 2. The van der Waals surface area contributed by atoms with Crippen LogP contribution in [0.3, 0.4) is 0 Å². The van der Waals surface area contributed by atoms with Crippen LogP contribution in [0.15, 0.2) is 78.7 Å². The molecule has 3 heterocycles. The van der Waals surface area contributed by atoms with Crippen molar-refractivity contribution in [1.29, 1.82) is 0 Å². The van der Waals surface area contributed by atoms with Gasteiger partial charge in [0.15, 0.2) is 5.76 Å². The zero-order chi connectivity index (χ0) is 23.1. The lowest BCUT2D eigenvalue weighted by Gasteiger charge is -2.29. The third-order valence-electron chi connectivity index (χ3n) is 6.68. The van der Waals surface area contributed by atoms with Gasteiger partial charge in [-0.1, -0.05) is 48.5 Å². The first-order valence-electron chi connectivity index (χ1n) is 11.7. The molecular weight excluding hydrogens is 424 g/mol. The number of carbonyl (C=O) groups is 1. The van der Waals surface area contributed by atoms with Crippen LogP contribution in [0, 0.1) is 0 Å². The Morgan fingerprint density at radius 2 is 1.82 bits per heavy atom. The third kappa shape index (κ3) is 3.68. The lowest BCUT2D eigenvalue weighted by molar-refractivity contribution is 0.0928. The number of para-hydroxylation sites is 1. The van der Waals surface area contributed by atoms with E-state index in [1.807, 2.05) is 49.7 Å². The van der Waals surface area contributed by atoms with Crippen molar-refractivity contribution >= 4 is 22.8 Å². The smallest absolute Gasteiger partial charge is 0.231 e. The van der Waals surface area contributed by atoms with E-state index >= 15 is 0 Å². The van der Waals surface area contributed by atoms with Gasteiger partial charge in [0.05, 0.1) is 11.1 Å². The summed E-state index contributed by atoms with van der Waals surface area (Å²) in [6.45, 7) is 2.18. The lowest BCUT2D eigenvalue weighted by Crippen LogP contribution is -2.33. The van der Waals surface area contributed by atoms with Gasteiger partial charge in [0, 0.05) is 42.8 Å². The number of fused-ring (bicyclic) bond motifs is 4. The van der Waals surface area contributed by atoms with Crippen LogP contribution in [-0.2, 0) is 20.0 Å². The van der Waals surface area contributed by atoms with Gasteiger partial charge in [0.25, 0.3) is 0 Å². The Balaban J connectivity index is 1.23. The van der Waals surface area contributed by atoms with Gasteiger partial charge >= 0.3 is 0 Å². The molecule has 2 aliphatic rings. The van der Waals surface area contributed by atoms with Gasteiger partial charge in [0.1, 0.15) is 18.2 Å². The zero-order valence-electron chi connectivity index (χ0n) is 19.2. The zero-order valence-corrected chi connectivity index (χ0v) is 19.2. The van der Waals surface area contributed by atoms with E-state index in [9.17, 15) is 4.79 Å². The van der Waals surface area contributed by atoms with E-state index in [-0.39, 0.29) is 5.78 Å². The van der Waals surface area contributed by atoms with Gasteiger partial charge in [-0.15, -0.1) is 0 Å². The van der Waals surface area contributed by atoms with E-state index < -0.39 is 0 Å². The van der Waals surface area contributed by atoms with E-state index in [1.165, 1.54) is 5.56 Å². The monoisotopic (exact) mass is 450 g/mol. The number of allylic oxidation sites excluding steroid dienone is 1. The van der Waals surface area contributed by atoms with E-state index in [0.717, 1.165) is 47.2 Å². The SMILES string of the molecule is Cn1cc(/C=C2\Oc3c(ccc4c3CN(CCCc3ccccc3)CO4)C2=O)c2ccccc21. The molecular formula is C29H26N2O3. The summed E-state index contributed by atoms with van der Waals surface area (Å²) in [7, 11) is 2.01. The topological polar surface area (TPSA) is 43.7 Å². The molecule has 0 radical (unpaired) electrons. The Hall–Kier alpha value is -3.83. The number of benzene rings is 3. The average Bonchev–Trinajstić information content (AvgIpc) is 3.36. The minimum atomic E-state index is -0.0769. The molecule has 4 aromatic rings. The number of ketones is 1. The Bertz CT molecular complexity index is 1420. The molecule has 0 atom stereocenters. The Labute approximate surface area is 198 Å². The Morgan fingerprint density at radius 1 is 1.00 bits per heavy atom. The van der Waals surface area contributed by atoms with E-state index in [4.69, 9.17) is 9.47 Å². The fourth-order valence-electron chi connectivity index (χ4n) is 4.93. The van der Waals surface area contributed by atoms with Crippen LogP contribution in [0.25, 0.3) is 17.0 Å². The largest absolute Gasteiger partial charge is 0.478 e. The molecule has 0 bridgehead atoms. The summed E-state index contributed by atoms with van der Waals surface area (Å²) in [5.74, 6) is 1.73. The molecule has 0 unspecified atom stereocenters. The molecule has 0 saturated heterocycles. The number of rotatable bonds is 5. The first kappa shape index (κ1) is 20.8. The summed E-state index contributed by atoms with van der Waals surface area (Å²) in [6.07, 6.45) is 5.97. The molecule has 0 amide bonds. The predicted molar refractivity (Wildman–Crippen MR) is 133 cm³/mol. The summed E-state index contributed by atoms with van der Waals surface area (Å²) in [4.78, 5) is 15.5. The summed E-state index contributed by atoms with van der Waals surface area (Å²) in [5.41, 5.74) is 5.01. The highest BCUT2D eigenvalue weighted by molar-refractivity contribution is 6.15. The quantitative estimate of drug-likeness (QED) is 0.373. The second-order valence-electron chi connectivity index (χ2n) is 8.99. The maximum atomic E-state index is 13.2. The van der Waals surface area contributed by atoms with Gasteiger partial charge in [-0.05, 0) is 42.7 Å². The second kappa shape index (κ2) is 8.50. The molecule has 34 heavy (non-hydrogen) atoms. The molecule has 170 valence electrons. The number of aromatic nitrogens is 1. The fraction of sp³-hybridized carbons (Fsp3) is 0.207. The average molecular weight is 451 g/mol. The van der Waals surface area contributed by atoms with Crippen molar-refractivity contribution in [3.05, 3.63) is 101 Å². The summed E-state index contributed by atoms with van der Waals surface area (Å²) < 4.78 is 14.3. The van der Waals surface area contributed by atoms with Crippen molar-refractivity contribution < 1.29 is 14.3 Å². The van der Waals surface area contributed by atoms with E-state index in [1.54, 1.807) is 0 Å². The van der Waals surface area contributed by atoms with Crippen molar-refractivity contribution in [2.75, 3.05) is 13.3 Å². The molecule has 2 aliphatic heterocycles. The first-order valence-corrected chi connectivity index (χ1v) is 11.7. The Morgan fingerprint density at radius 3 is 2.71 bits per heavy atom. The van der Waals surface area contributed by atoms with Gasteiger partial charge in [-0.2, -0.15) is 0 Å². The van der Waals surface area contributed by atoms with Crippen molar-refractivity contribution in [2.45, 2.75) is 19.4 Å². The fourth-order valence-corrected chi connectivity index (χ4v) is 4.93. The number of carbonyl (C=O) groups excluding carboxylic acids is 1. The highest BCUT2D eigenvalue weighted by atomic mass is 16.5. The van der Waals surface area contributed by atoms with Crippen LogP contribution in [0.4, 0.5) is 0 Å².